The zero-order valence-electron chi connectivity index (χ0n) is 18.6. The molecule has 5 rings (SSSR count). The van der Waals surface area contributed by atoms with Crippen LogP contribution in [-0.4, -0.2) is 22.6 Å². The molecule has 2 aromatic heterocycles. The van der Waals surface area contributed by atoms with E-state index < -0.39 is 11.9 Å². The quantitative estimate of drug-likeness (QED) is 0.457. The monoisotopic (exact) mass is 462 g/mol. The van der Waals surface area contributed by atoms with Crippen molar-refractivity contribution in [3.05, 3.63) is 79.6 Å². The van der Waals surface area contributed by atoms with Crippen LogP contribution in [0.15, 0.2) is 45.6 Å². The summed E-state index contributed by atoms with van der Waals surface area (Å²) < 4.78 is 11.6. The summed E-state index contributed by atoms with van der Waals surface area (Å²) in [7, 11) is 0. The molecule has 1 atom stereocenters. The average Bonchev–Trinajstić information content (AvgIpc) is 3.26. The van der Waals surface area contributed by atoms with E-state index in [0.29, 0.717) is 28.3 Å². The van der Waals surface area contributed by atoms with Gasteiger partial charge < -0.3 is 14.3 Å². The normalized spacial score (nSPS) is 15.3. The number of phenols is 1. The van der Waals surface area contributed by atoms with Crippen LogP contribution in [0.4, 0.5) is 5.13 Å². The van der Waals surface area contributed by atoms with Crippen molar-refractivity contribution in [2.75, 3.05) is 11.5 Å². The molecule has 7 nitrogen and oxygen atoms in total. The second-order valence-electron chi connectivity index (χ2n) is 8.05. The maximum Gasteiger partial charge on any atom is 0.297 e. The molecule has 8 heteroatoms. The number of nitrogens with zero attached hydrogens (tertiary/aromatic N) is 2. The van der Waals surface area contributed by atoms with Crippen molar-refractivity contribution in [1.29, 1.82) is 0 Å². The van der Waals surface area contributed by atoms with Crippen molar-refractivity contribution < 1.29 is 19.1 Å². The fourth-order valence-corrected chi connectivity index (χ4v) is 5.07. The van der Waals surface area contributed by atoms with E-state index in [0.717, 1.165) is 16.1 Å². The molecule has 33 heavy (non-hydrogen) atoms. The molecule has 0 radical (unpaired) electrons. The Morgan fingerprint density at radius 2 is 1.94 bits per heavy atom. The molecule has 0 fully saturated rings. The smallest absolute Gasteiger partial charge is 0.297 e. The number of fused-ring (bicyclic) bond motifs is 2. The zero-order chi connectivity index (χ0) is 23.4. The van der Waals surface area contributed by atoms with Crippen molar-refractivity contribution in [3.8, 4) is 11.5 Å². The van der Waals surface area contributed by atoms with E-state index in [9.17, 15) is 14.7 Å². The van der Waals surface area contributed by atoms with E-state index in [1.54, 1.807) is 24.3 Å². The Balaban J connectivity index is 1.81. The van der Waals surface area contributed by atoms with Crippen molar-refractivity contribution in [1.82, 2.24) is 4.98 Å². The van der Waals surface area contributed by atoms with Gasteiger partial charge in [-0.15, -0.1) is 11.3 Å². The Kier molecular flexibility index (Phi) is 4.97. The number of anilines is 1. The summed E-state index contributed by atoms with van der Waals surface area (Å²) in [5.74, 6) is -0.144. The van der Waals surface area contributed by atoms with Crippen LogP contribution >= 0.6 is 11.3 Å². The number of carbonyl (C=O) groups is 1. The highest BCUT2D eigenvalue weighted by atomic mass is 32.1. The fraction of sp³-hybridized carbons (Fsp3) is 0.240. The summed E-state index contributed by atoms with van der Waals surface area (Å²) in [5, 5.41) is 11.1. The molecule has 1 amide bonds. The van der Waals surface area contributed by atoms with Gasteiger partial charge in [0.15, 0.2) is 22.1 Å². The minimum atomic E-state index is -0.765. The minimum Gasteiger partial charge on any atom is -0.504 e. The molecule has 4 aromatic rings. The van der Waals surface area contributed by atoms with Crippen LogP contribution < -0.4 is 15.1 Å². The van der Waals surface area contributed by atoms with Gasteiger partial charge in [-0.3, -0.25) is 14.5 Å². The number of benzene rings is 2. The SMILES string of the molecule is CCOc1cc(C2c3c(oc4ccc(C)cc4c3=O)C(=O)N2c2nc(C)c(C)s2)ccc1O. The molecule has 2 aromatic carbocycles. The van der Waals surface area contributed by atoms with E-state index >= 15 is 0 Å². The molecule has 168 valence electrons. The van der Waals surface area contributed by atoms with Crippen LogP contribution in [0, 0.1) is 20.8 Å². The number of hydrogen-bond acceptors (Lipinski definition) is 7. The van der Waals surface area contributed by atoms with Crippen LogP contribution in [0.2, 0.25) is 0 Å². The van der Waals surface area contributed by atoms with Gasteiger partial charge in [-0.1, -0.05) is 17.7 Å². The largest absolute Gasteiger partial charge is 0.504 e. The second-order valence-corrected chi connectivity index (χ2v) is 9.23. The van der Waals surface area contributed by atoms with Gasteiger partial charge in [0.1, 0.15) is 5.58 Å². The lowest BCUT2D eigenvalue weighted by Crippen LogP contribution is -2.29. The third kappa shape index (κ3) is 3.29. The molecular weight excluding hydrogens is 440 g/mol. The molecule has 0 saturated carbocycles. The van der Waals surface area contributed by atoms with Crippen LogP contribution in [0.3, 0.4) is 0 Å². The Morgan fingerprint density at radius 1 is 1.15 bits per heavy atom. The number of ether oxygens (including phenoxy) is 1. The molecule has 0 saturated heterocycles. The number of amides is 1. The number of phenolic OH excluding ortho intramolecular Hbond substituents is 1. The first-order valence-electron chi connectivity index (χ1n) is 10.6. The molecule has 0 spiro atoms. The number of carbonyl (C=O) groups excluding carboxylic acids is 1. The number of aryl methyl sites for hydroxylation is 3. The Hall–Kier alpha value is -3.65. The molecule has 1 aliphatic heterocycles. The summed E-state index contributed by atoms with van der Waals surface area (Å²) in [5.41, 5.74) is 2.72. The number of aromatic nitrogens is 1. The van der Waals surface area contributed by atoms with Gasteiger partial charge in [0, 0.05) is 4.88 Å². The number of aromatic hydroxyl groups is 1. The summed E-state index contributed by atoms with van der Waals surface area (Å²) in [6.45, 7) is 7.89. The maximum atomic E-state index is 13.7. The topological polar surface area (TPSA) is 92.9 Å². The lowest BCUT2D eigenvalue weighted by Gasteiger charge is -2.23. The molecule has 1 N–H and O–H groups in total. The molecule has 0 aliphatic carbocycles. The third-order valence-electron chi connectivity index (χ3n) is 5.85. The lowest BCUT2D eigenvalue weighted by molar-refractivity contribution is 0.0971. The van der Waals surface area contributed by atoms with Gasteiger partial charge in [0.05, 0.1) is 29.3 Å². The summed E-state index contributed by atoms with van der Waals surface area (Å²) in [6, 6.07) is 9.41. The lowest BCUT2D eigenvalue weighted by atomic mass is 9.98. The molecule has 1 aliphatic rings. The predicted octanol–water partition coefficient (Wildman–Crippen LogP) is 5.03. The Morgan fingerprint density at radius 3 is 2.64 bits per heavy atom. The minimum absolute atomic E-state index is 0.0119. The van der Waals surface area contributed by atoms with Crippen LogP contribution in [0.5, 0.6) is 11.5 Å². The van der Waals surface area contributed by atoms with Gasteiger partial charge in [-0.2, -0.15) is 0 Å². The Labute approximate surface area is 193 Å². The number of rotatable bonds is 4. The van der Waals surface area contributed by atoms with Crippen LogP contribution in [0.1, 0.15) is 50.8 Å². The second kappa shape index (κ2) is 7.74. The van der Waals surface area contributed by atoms with Crippen LogP contribution in [-0.2, 0) is 0 Å². The van der Waals surface area contributed by atoms with E-state index in [-0.39, 0.29) is 28.3 Å². The number of thiazole rings is 1. The predicted molar refractivity (Wildman–Crippen MR) is 127 cm³/mol. The van der Waals surface area contributed by atoms with E-state index in [2.05, 4.69) is 4.98 Å². The van der Waals surface area contributed by atoms with Crippen LogP contribution in [0.25, 0.3) is 11.0 Å². The highest BCUT2D eigenvalue weighted by Gasteiger charge is 2.45. The van der Waals surface area contributed by atoms with Crippen molar-refractivity contribution >= 4 is 33.3 Å². The van der Waals surface area contributed by atoms with Crippen molar-refractivity contribution in [2.45, 2.75) is 33.7 Å². The van der Waals surface area contributed by atoms with Gasteiger partial charge >= 0.3 is 0 Å². The van der Waals surface area contributed by atoms with Gasteiger partial charge in [-0.25, -0.2) is 4.98 Å². The van der Waals surface area contributed by atoms with Crippen molar-refractivity contribution in [2.24, 2.45) is 0 Å². The molecular formula is C25H22N2O5S. The first-order chi connectivity index (χ1) is 15.8. The molecule has 1 unspecified atom stereocenters. The Bertz CT molecular complexity index is 1470. The van der Waals surface area contributed by atoms with E-state index in [1.807, 2.05) is 33.8 Å². The highest BCUT2D eigenvalue weighted by Crippen LogP contribution is 2.44. The fourth-order valence-electron chi connectivity index (χ4n) is 4.13. The van der Waals surface area contributed by atoms with Gasteiger partial charge in [-0.05, 0) is 57.5 Å². The highest BCUT2D eigenvalue weighted by molar-refractivity contribution is 7.15. The zero-order valence-corrected chi connectivity index (χ0v) is 19.4. The summed E-state index contributed by atoms with van der Waals surface area (Å²) >= 11 is 1.38. The van der Waals surface area contributed by atoms with Gasteiger partial charge in [0.2, 0.25) is 5.76 Å². The summed E-state index contributed by atoms with van der Waals surface area (Å²) in [4.78, 5) is 34.4. The standard InChI is InChI=1S/C25H22N2O5S/c1-5-31-19-11-15(7-8-17(19)28)21-20-22(29)16-10-12(2)6-9-18(16)32-23(20)24(30)27(21)25-26-13(3)14(4)33-25/h6-11,21,28H,5H2,1-4H3. The molecule has 3 heterocycles. The summed E-state index contributed by atoms with van der Waals surface area (Å²) in [6.07, 6.45) is 0. The van der Waals surface area contributed by atoms with E-state index in [1.165, 1.54) is 22.3 Å². The van der Waals surface area contributed by atoms with Gasteiger partial charge in [0.25, 0.3) is 5.91 Å². The third-order valence-corrected chi connectivity index (χ3v) is 6.92. The maximum absolute atomic E-state index is 13.7. The average molecular weight is 463 g/mol. The van der Waals surface area contributed by atoms with E-state index in [4.69, 9.17) is 9.15 Å². The number of hydrogen-bond donors (Lipinski definition) is 1. The first-order valence-corrected chi connectivity index (χ1v) is 11.4. The molecule has 0 bridgehead atoms. The first kappa shape index (κ1) is 21.2. The van der Waals surface area contributed by atoms with Crippen molar-refractivity contribution in [3.63, 3.8) is 0 Å².